The van der Waals surface area contributed by atoms with Crippen molar-refractivity contribution in [1.29, 1.82) is 0 Å². The van der Waals surface area contributed by atoms with E-state index in [1.165, 1.54) is 0 Å². The number of alkyl halides is 2. The van der Waals surface area contributed by atoms with Gasteiger partial charge in [0, 0.05) is 12.1 Å². The molecule has 102 valence electrons. The van der Waals surface area contributed by atoms with Gasteiger partial charge in [-0.05, 0) is 27.7 Å². The highest BCUT2D eigenvalue weighted by molar-refractivity contribution is 5.83. The molecule has 0 aliphatic carbocycles. The molecule has 0 fully saturated rings. The third kappa shape index (κ3) is 4.20. The van der Waals surface area contributed by atoms with Crippen molar-refractivity contribution in [2.75, 3.05) is 19.7 Å². The summed E-state index contributed by atoms with van der Waals surface area (Å²) in [5, 5.41) is 8.80. The van der Waals surface area contributed by atoms with Crippen molar-refractivity contribution in [3.8, 4) is 0 Å². The lowest BCUT2D eigenvalue weighted by atomic mass is 9.74. The van der Waals surface area contributed by atoms with Crippen molar-refractivity contribution in [3.05, 3.63) is 0 Å². The Bertz CT molecular complexity index is 263. The number of nitrogens with two attached hydrogens (primary N) is 1. The van der Waals surface area contributed by atoms with Gasteiger partial charge in [0.2, 0.25) is 5.91 Å². The van der Waals surface area contributed by atoms with Crippen molar-refractivity contribution >= 4 is 5.91 Å². The number of aliphatic hydroxyl groups excluding tert-OH is 1. The Morgan fingerprint density at radius 3 is 2.12 bits per heavy atom. The zero-order chi connectivity index (χ0) is 13.9. The van der Waals surface area contributed by atoms with Gasteiger partial charge in [-0.15, -0.1) is 0 Å². The number of amides is 1. The lowest BCUT2D eigenvalue weighted by Crippen LogP contribution is -2.57. The topological polar surface area (TPSA) is 66.6 Å². The van der Waals surface area contributed by atoms with Gasteiger partial charge in [-0.2, -0.15) is 0 Å². The highest BCUT2D eigenvalue weighted by atomic mass is 19.3. The van der Waals surface area contributed by atoms with Crippen molar-refractivity contribution in [2.24, 2.45) is 11.1 Å². The fourth-order valence-corrected chi connectivity index (χ4v) is 1.23. The predicted molar refractivity (Wildman–Crippen MR) is 61.7 cm³/mol. The van der Waals surface area contributed by atoms with Crippen molar-refractivity contribution in [3.63, 3.8) is 0 Å². The van der Waals surface area contributed by atoms with Crippen molar-refractivity contribution < 1.29 is 18.7 Å². The smallest absolute Gasteiger partial charge is 0.255 e. The number of carbonyl (C=O) groups excluding carboxylic acids is 1. The quantitative estimate of drug-likeness (QED) is 0.736. The molecular formula is C11H22F2N2O2. The lowest BCUT2D eigenvalue weighted by molar-refractivity contribution is -0.146. The fraction of sp³-hybridized carbons (Fsp3) is 0.909. The summed E-state index contributed by atoms with van der Waals surface area (Å²) in [6.07, 6.45) is -2.62. The highest BCUT2D eigenvalue weighted by Gasteiger charge is 2.43. The van der Waals surface area contributed by atoms with E-state index >= 15 is 0 Å². The lowest BCUT2D eigenvalue weighted by Gasteiger charge is -2.40. The summed E-state index contributed by atoms with van der Waals surface area (Å²) in [5.74, 6) is -0.473. The first-order valence-electron chi connectivity index (χ1n) is 5.51. The van der Waals surface area contributed by atoms with Crippen LogP contribution in [0.15, 0.2) is 0 Å². The van der Waals surface area contributed by atoms with E-state index in [1.54, 1.807) is 27.7 Å². The van der Waals surface area contributed by atoms with E-state index in [0.29, 0.717) is 0 Å². The number of carbonyl (C=O) groups is 1. The fourth-order valence-electron chi connectivity index (χ4n) is 1.23. The third-order valence-electron chi connectivity index (χ3n) is 3.16. The van der Waals surface area contributed by atoms with Crippen LogP contribution in [0.25, 0.3) is 0 Å². The number of halogens is 2. The zero-order valence-corrected chi connectivity index (χ0v) is 10.8. The second-order valence-corrected chi connectivity index (χ2v) is 5.21. The minimum absolute atomic E-state index is 0.108. The molecule has 0 atom stereocenters. The van der Waals surface area contributed by atoms with E-state index in [1.807, 2.05) is 0 Å². The molecule has 6 heteroatoms. The van der Waals surface area contributed by atoms with E-state index in [2.05, 4.69) is 0 Å². The number of aliphatic hydroxyl groups is 1. The zero-order valence-electron chi connectivity index (χ0n) is 10.8. The summed E-state index contributed by atoms with van der Waals surface area (Å²) in [4.78, 5) is 13.1. The molecule has 0 aromatic heterocycles. The summed E-state index contributed by atoms with van der Waals surface area (Å²) in [7, 11) is 0. The van der Waals surface area contributed by atoms with Crippen LogP contribution in [0.1, 0.15) is 27.7 Å². The van der Waals surface area contributed by atoms with Crippen LogP contribution in [0.5, 0.6) is 0 Å². The summed E-state index contributed by atoms with van der Waals surface area (Å²) >= 11 is 0. The first-order valence-corrected chi connectivity index (χ1v) is 5.51. The molecule has 0 spiro atoms. The molecule has 0 rings (SSSR count). The molecule has 0 aromatic rings. The minimum Gasteiger partial charge on any atom is -0.395 e. The van der Waals surface area contributed by atoms with Crippen LogP contribution in [0.4, 0.5) is 8.78 Å². The van der Waals surface area contributed by atoms with Crippen LogP contribution < -0.4 is 5.73 Å². The van der Waals surface area contributed by atoms with Gasteiger partial charge >= 0.3 is 0 Å². The average Bonchev–Trinajstić information content (AvgIpc) is 2.13. The average molecular weight is 252 g/mol. The first kappa shape index (κ1) is 16.2. The van der Waals surface area contributed by atoms with Crippen LogP contribution in [0.3, 0.4) is 0 Å². The molecule has 4 nitrogen and oxygen atoms in total. The molecule has 3 N–H and O–H groups in total. The van der Waals surface area contributed by atoms with Gasteiger partial charge in [0.05, 0.1) is 18.6 Å². The Hall–Kier alpha value is -0.750. The molecule has 0 bridgehead atoms. The van der Waals surface area contributed by atoms with E-state index in [4.69, 9.17) is 10.8 Å². The van der Waals surface area contributed by atoms with Crippen LogP contribution in [-0.2, 0) is 4.79 Å². The molecule has 0 aliphatic rings. The van der Waals surface area contributed by atoms with Crippen LogP contribution >= 0.6 is 0 Å². The molecular weight excluding hydrogens is 230 g/mol. The molecule has 0 saturated carbocycles. The van der Waals surface area contributed by atoms with E-state index < -0.39 is 29.8 Å². The van der Waals surface area contributed by atoms with E-state index in [-0.39, 0.29) is 13.2 Å². The highest BCUT2D eigenvalue weighted by Crippen LogP contribution is 2.30. The second-order valence-electron chi connectivity index (χ2n) is 5.21. The Kier molecular flexibility index (Phi) is 5.48. The second kappa shape index (κ2) is 5.73. The van der Waals surface area contributed by atoms with Crippen LogP contribution in [0.2, 0.25) is 0 Å². The Morgan fingerprint density at radius 1 is 1.35 bits per heavy atom. The van der Waals surface area contributed by atoms with E-state index in [0.717, 1.165) is 4.90 Å². The van der Waals surface area contributed by atoms with Crippen molar-refractivity contribution in [2.45, 2.75) is 39.7 Å². The van der Waals surface area contributed by atoms with Crippen molar-refractivity contribution in [1.82, 2.24) is 4.90 Å². The Morgan fingerprint density at radius 2 is 1.82 bits per heavy atom. The standard InChI is InChI=1S/C11H22F2N2O2/c1-10(2,11(3,4)14)9(17)15(5-6-16)7-8(12)13/h8,16H,5-7,14H2,1-4H3. The molecule has 0 unspecified atom stereocenters. The molecule has 0 saturated heterocycles. The van der Waals surface area contributed by atoms with Gasteiger partial charge in [0.25, 0.3) is 6.43 Å². The molecule has 0 heterocycles. The normalized spacial score (nSPS) is 13.0. The van der Waals surface area contributed by atoms with E-state index in [9.17, 15) is 13.6 Å². The molecule has 0 aromatic carbocycles. The molecule has 1 amide bonds. The van der Waals surface area contributed by atoms with Crippen LogP contribution in [0, 0.1) is 5.41 Å². The maximum absolute atomic E-state index is 12.3. The van der Waals surface area contributed by atoms with Gasteiger partial charge in [-0.25, -0.2) is 8.78 Å². The van der Waals surface area contributed by atoms with Gasteiger partial charge in [0.15, 0.2) is 0 Å². The maximum Gasteiger partial charge on any atom is 0.255 e. The van der Waals surface area contributed by atoms with Gasteiger partial charge < -0.3 is 15.7 Å². The number of hydrogen-bond acceptors (Lipinski definition) is 3. The SMILES string of the molecule is CC(C)(N)C(C)(C)C(=O)N(CCO)CC(F)F. The largest absolute Gasteiger partial charge is 0.395 e. The molecule has 0 radical (unpaired) electrons. The number of nitrogens with zero attached hydrogens (tertiary/aromatic N) is 1. The Balaban J connectivity index is 4.95. The number of hydrogen-bond donors (Lipinski definition) is 2. The molecule has 17 heavy (non-hydrogen) atoms. The monoisotopic (exact) mass is 252 g/mol. The summed E-state index contributed by atoms with van der Waals surface area (Å²) in [5.41, 5.74) is 4.07. The van der Waals surface area contributed by atoms with Crippen LogP contribution in [-0.4, -0.2) is 47.6 Å². The summed E-state index contributed by atoms with van der Waals surface area (Å²) < 4.78 is 24.7. The summed E-state index contributed by atoms with van der Waals surface area (Å²) in [6, 6.07) is 0. The molecule has 0 aliphatic heterocycles. The van der Waals surface area contributed by atoms with Gasteiger partial charge in [-0.3, -0.25) is 4.79 Å². The third-order valence-corrected chi connectivity index (χ3v) is 3.16. The minimum atomic E-state index is -2.62. The predicted octanol–water partition coefficient (Wildman–Crippen LogP) is 0.836. The summed E-state index contributed by atoms with van der Waals surface area (Å²) in [6.45, 7) is 5.44. The van der Waals surface area contributed by atoms with Gasteiger partial charge in [-0.1, -0.05) is 0 Å². The Labute approximate surface area is 101 Å². The number of rotatable bonds is 6. The maximum atomic E-state index is 12.3. The first-order chi connectivity index (χ1) is 7.54. The van der Waals surface area contributed by atoms with Gasteiger partial charge in [0.1, 0.15) is 0 Å².